The van der Waals surface area contributed by atoms with Gasteiger partial charge in [0.05, 0.1) is 6.61 Å². The monoisotopic (exact) mass is 252 g/mol. The van der Waals surface area contributed by atoms with Gasteiger partial charge in [0, 0.05) is 13.1 Å². The lowest BCUT2D eigenvalue weighted by molar-refractivity contribution is 0.306. The molecule has 0 aliphatic carbocycles. The Labute approximate surface area is 109 Å². The summed E-state index contributed by atoms with van der Waals surface area (Å²) in [6.45, 7) is 10.9. The van der Waals surface area contributed by atoms with Gasteiger partial charge in [-0.25, -0.2) is 4.98 Å². The molecule has 0 fully saturated rings. The third kappa shape index (κ3) is 3.75. The molecule has 0 spiro atoms. The van der Waals surface area contributed by atoms with Gasteiger partial charge in [0.25, 0.3) is 0 Å². The van der Waals surface area contributed by atoms with Crippen molar-refractivity contribution in [3.05, 3.63) is 6.33 Å². The maximum atomic E-state index is 6.08. The van der Waals surface area contributed by atoms with Crippen molar-refractivity contribution in [3.63, 3.8) is 0 Å². The first kappa shape index (κ1) is 14.5. The van der Waals surface area contributed by atoms with Gasteiger partial charge in [-0.05, 0) is 19.3 Å². The van der Waals surface area contributed by atoms with Crippen LogP contribution >= 0.6 is 0 Å². The molecule has 0 aliphatic rings. The van der Waals surface area contributed by atoms with Crippen LogP contribution in [0.2, 0.25) is 0 Å². The van der Waals surface area contributed by atoms with Crippen LogP contribution in [-0.2, 0) is 0 Å². The van der Waals surface area contributed by atoms with Crippen LogP contribution in [0.5, 0.6) is 5.88 Å². The van der Waals surface area contributed by atoms with E-state index in [9.17, 15) is 0 Å². The number of hydrogen-bond acceptors (Lipinski definition) is 5. The molecule has 18 heavy (non-hydrogen) atoms. The predicted octanol–water partition coefficient (Wildman–Crippen LogP) is 2.33. The van der Waals surface area contributed by atoms with Crippen molar-refractivity contribution >= 4 is 11.5 Å². The van der Waals surface area contributed by atoms with Crippen molar-refractivity contribution < 1.29 is 4.74 Å². The second kappa shape index (κ2) is 7.03. The number of ether oxygens (including phenoxy) is 1. The first-order chi connectivity index (χ1) is 8.60. The zero-order chi connectivity index (χ0) is 13.5. The minimum Gasteiger partial charge on any atom is -0.476 e. The fourth-order valence-electron chi connectivity index (χ4n) is 1.74. The molecule has 0 bridgehead atoms. The molecule has 5 nitrogen and oxygen atoms in total. The number of nitrogens with two attached hydrogens (primary N) is 1. The van der Waals surface area contributed by atoms with E-state index in [0.717, 1.165) is 25.3 Å². The van der Waals surface area contributed by atoms with Crippen LogP contribution in [0, 0.1) is 5.92 Å². The van der Waals surface area contributed by atoms with Crippen LogP contribution < -0.4 is 15.4 Å². The third-order valence-corrected chi connectivity index (χ3v) is 2.54. The lowest BCUT2D eigenvalue weighted by Crippen LogP contribution is -2.29. The number of hydrogen-bond donors (Lipinski definition) is 1. The normalized spacial score (nSPS) is 10.7. The van der Waals surface area contributed by atoms with Crippen molar-refractivity contribution in [2.75, 3.05) is 30.3 Å². The predicted molar refractivity (Wildman–Crippen MR) is 75.0 cm³/mol. The minimum atomic E-state index is 0.490. The average Bonchev–Trinajstić information content (AvgIpc) is 2.35. The van der Waals surface area contributed by atoms with Crippen molar-refractivity contribution in [1.82, 2.24) is 9.97 Å². The maximum Gasteiger partial charge on any atom is 0.242 e. The molecule has 0 saturated carbocycles. The standard InChI is InChI=1S/C13H24N4O/c1-5-7-18-13-11(14)12(15-9-16-13)17(6-2)8-10(3)4/h9-10H,5-8,14H2,1-4H3. The van der Waals surface area contributed by atoms with Crippen LogP contribution in [0.15, 0.2) is 6.33 Å². The van der Waals surface area contributed by atoms with E-state index in [1.54, 1.807) is 0 Å². The zero-order valence-electron chi connectivity index (χ0n) is 11.8. The lowest BCUT2D eigenvalue weighted by atomic mass is 10.2. The summed E-state index contributed by atoms with van der Waals surface area (Å²) in [7, 11) is 0. The number of nitrogen functional groups attached to an aromatic ring is 1. The van der Waals surface area contributed by atoms with E-state index in [0.29, 0.717) is 24.1 Å². The molecule has 0 unspecified atom stereocenters. The van der Waals surface area contributed by atoms with Crippen molar-refractivity contribution in [2.24, 2.45) is 5.92 Å². The van der Waals surface area contributed by atoms with Crippen LogP contribution in [0.4, 0.5) is 11.5 Å². The van der Waals surface area contributed by atoms with Gasteiger partial charge < -0.3 is 15.4 Å². The summed E-state index contributed by atoms with van der Waals surface area (Å²) < 4.78 is 5.52. The summed E-state index contributed by atoms with van der Waals surface area (Å²) in [5, 5.41) is 0. The smallest absolute Gasteiger partial charge is 0.242 e. The van der Waals surface area contributed by atoms with Crippen molar-refractivity contribution in [1.29, 1.82) is 0 Å². The molecule has 1 rings (SSSR count). The van der Waals surface area contributed by atoms with Gasteiger partial charge in [0.2, 0.25) is 5.88 Å². The molecular formula is C13H24N4O. The van der Waals surface area contributed by atoms with Crippen LogP contribution in [-0.4, -0.2) is 29.7 Å². The molecule has 0 amide bonds. The highest BCUT2D eigenvalue weighted by atomic mass is 16.5. The lowest BCUT2D eigenvalue weighted by Gasteiger charge is -2.25. The Bertz CT molecular complexity index is 368. The Morgan fingerprint density at radius 3 is 2.61 bits per heavy atom. The van der Waals surface area contributed by atoms with E-state index in [2.05, 4.69) is 42.6 Å². The fraction of sp³-hybridized carbons (Fsp3) is 0.692. The van der Waals surface area contributed by atoms with Crippen molar-refractivity contribution in [3.8, 4) is 5.88 Å². The summed E-state index contributed by atoms with van der Waals surface area (Å²) in [4.78, 5) is 10.5. The molecule has 102 valence electrons. The SMILES string of the molecule is CCCOc1ncnc(N(CC)CC(C)C)c1N. The van der Waals surface area contributed by atoms with Crippen LogP contribution in [0.1, 0.15) is 34.1 Å². The summed E-state index contributed by atoms with van der Waals surface area (Å²) in [5.41, 5.74) is 6.62. The van der Waals surface area contributed by atoms with Gasteiger partial charge in [-0.15, -0.1) is 0 Å². The Hall–Kier alpha value is -1.52. The molecule has 1 heterocycles. The van der Waals surface area contributed by atoms with E-state index < -0.39 is 0 Å². The van der Waals surface area contributed by atoms with Gasteiger partial charge in [-0.1, -0.05) is 20.8 Å². The zero-order valence-corrected chi connectivity index (χ0v) is 11.8. The highest BCUT2D eigenvalue weighted by molar-refractivity contribution is 5.67. The van der Waals surface area contributed by atoms with Gasteiger partial charge in [0.15, 0.2) is 5.82 Å². The minimum absolute atomic E-state index is 0.490. The van der Waals surface area contributed by atoms with Gasteiger partial charge >= 0.3 is 0 Å². The van der Waals surface area contributed by atoms with E-state index in [4.69, 9.17) is 10.5 Å². The molecule has 1 aromatic heterocycles. The van der Waals surface area contributed by atoms with Gasteiger partial charge in [-0.3, -0.25) is 0 Å². The quantitative estimate of drug-likeness (QED) is 0.807. The summed E-state index contributed by atoms with van der Waals surface area (Å²) in [6, 6.07) is 0. The summed E-state index contributed by atoms with van der Waals surface area (Å²) >= 11 is 0. The molecule has 0 atom stereocenters. The van der Waals surface area contributed by atoms with Crippen molar-refractivity contribution in [2.45, 2.75) is 34.1 Å². The number of nitrogens with zero attached hydrogens (tertiary/aromatic N) is 3. The number of rotatable bonds is 7. The van der Waals surface area contributed by atoms with E-state index in [-0.39, 0.29) is 0 Å². The first-order valence-corrected chi connectivity index (χ1v) is 6.58. The Morgan fingerprint density at radius 1 is 1.33 bits per heavy atom. The molecule has 1 aromatic rings. The van der Waals surface area contributed by atoms with E-state index in [1.807, 2.05) is 0 Å². The average molecular weight is 252 g/mol. The molecule has 5 heteroatoms. The maximum absolute atomic E-state index is 6.08. The molecule has 0 radical (unpaired) electrons. The Morgan fingerprint density at radius 2 is 2.06 bits per heavy atom. The number of aromatic nitrogens is 2. The topological polar surface area (TPSA) is 64.3 Å². The van der Waals surface area contributed by atoms with Gasteiger partial charge in [0.1, 0.15) is 12.0 Å². The van der Waals surface area contributed by atoms with Gasteiger partial charge in [-0.2, -0.15) is 4.98 Å². The first-order valence-electron chi connectivity index (χ1n) is 6.58. The number of anilines is 2. The highest BCUT2D eigenvalue weighted by Crippen LogP contribution is 2.28. The summed E-state index contributed by atoms with van der Waals surface area (Å²) in [5.74, 6) is 1.82. The second-order valence-corrected chi connectivity index (χ2v) is 4.70. The second-order valence-electron chi connectivity index (χ2n) is 4.70. The van der Waals surface area contributed by atoms with Crippen LogP contribution in [0.3, 0.4) is 0 Å². The molecule has 2 N–H and O–H groups in total. The highest BCUT2D eigenvalue weighted by Gasteiger charge is 2.15. The molecular weight excluding hydrogens is 228 g/mol. The largest absolute Gasteiger partial charge is 0.476 e. The van der Waals surface area contributed by atoms with E-state index in [1.165, 1.54) is 6.33 Å². The van der Waals surface area contributed by atoms with E-state index >= 15 is 0 Å². The third-order valence-electron chi connectivity index (χ3n) is 2.54. The Kier molecular flexibility index (Phi) is 5.68. The molecule has 0 aromatic carbocycles. The Balaban J connectivity index is 2.93. The fourth-order valence-corrected chi connectivity index (χ4v) is 1.74. The molecule has 0 aliphatic heterocycles. The van der Waals surface area contributed by atoms with Crippen LogP contribution in [0.25, 0.3) is 0 Å². The summed E-state index contributed by atoms with van der Waals surface area (Å²) in [6.07, 6.45) is 2.45. The molecule has 0 saturated heterocycles.